The molecule has 0 radical (unpaired) electrons. The summed E-state index contributed by atoms with van der Waals surface area (Å²) in [5.74, 6) is -0.354. The maximum Gasteiger partial charge on any atom is 0.154 e. The van der Waals surface area contributed by atoms with Crippen LogP contribution in [0.1, 0.15) is 5.56 Å². The van der Waals surface area contributed by atoms with E-state index in [1.54, 1.807) is 41.2 Å². The Morgan fingerprint density at radius 3 is 2.89 bits per heavy atom. The number of imidazole rings is 1. The van der Waals surface area contributed by atoms with Crippen LogP contribution in [0, 0.1) is 11.2 Å². The van der Waals surface area contributed by atoms with Gasteiger partial charge >= 0.3 is 0 Å². The van der Waals surface area contributed by atoms with Crippen molar-refractivity contribution < 1.29 is 4.39 Å². The molecule has 3 rings (SSSR count). The van der Waals surface area contributed by atoms with Crippen molar-refractivity contribution in [3.63, 3.8) is 0 Å². The van der Waals surface area contributed by atoms with Gasteiger partial charge in [0.15, 0.2) is 5.65 Å². The van der Waals surface area contributed by atoms with Crippen molar-refractivity contribution in [1.29, 1.82) is 5.41 Å². The van der Waals surface area contributed by atoms with Crippen LogP contribution in [0.4, 0.5) is 4.39 Å². The van der Waals surface area contributed by atoms with Gasteiger partial charge in [-0.25, -0.2) is 13.9 Å². The van der Waals surface area contributed by atoms with Crippen LogP contribution in [0.3, 0.4) is 0 Å². The van der Waals surface area contributed by atoms with Crippen LogP contribution in [0.2, 0.25) is 0 Å². The van der Waals surface area contributed by atoms with Crippen molar-refractivity contribution in [2.24, 2.45) is 0 Å². The van der Waals surface area contributed by atoms with Crippen molar-refractivity contribution in [3.05, 3.63) is 54.1 Å². The first-order valence-corrected chi connectivity index (χ1v) is 5.39. The minimum atomic E-state index is -0.354. The summed E-state index contributed by atoms with van der Waals surface area (Å²) in [7, 11) is 0. The molecular weight excluding hydrogens is 231 g/mol. The monoisotopic (exact) mass is 240 g/mol. The Balaban J connectivity index is 2.33. The average Bonchev–Trinajstić information content (AvgIpc) is 2.85. The predicted molar refractivity (Wildman–Crippen MR) is 66.3 cm³/mol. The molecule has 0 amide bonds. The zero-order chi connectivity index (χ0) is 12.5. The summed E-state index contributed by atoms with van der Waals surface area (Å²) in [4.78, 5) is 4.09. The second kappa shape index (κ2) is 4.03. The van der Waals surface area contributed by atoms with Gasteiger partial charge in [0.1, 0.15) is 11.5 Å². The number of benzene rings is 1. The van der Waals surface area contributed by atoms with Gasteiger partial charge < -0.3 is 5.41 Å². The highest BCUT2D eigenvalue weighted by atomic mass is 19.1. The van der Waals surface area contributed by atoms with E-state index in [1.165, 1.54) is 6.07 Å². The molecule has 0 aliphatic heterocycles. The van der Waals surface area contributed by atoms with Gasteiger partial charge in [-0.05, 0) is 18.2 Å². The average molecular weight is 240 g/mol. The standard InChI is InChI=1S/C13H9FN4/c14-11-4-2-1-3-10(11)13-9(8-15)7-12-16-5-6-18(12)17-13/h1-8,15H. The summed E-state index contributed by atoms with van der Waals surface area (Å²) < 4.78 is 15.3. The highest BCUT2D eigenvalue weighted by Crippen LogP contribution is 2.23. The summed E-state index contributed by atoms with van der Waals surface area (Å²) >= 11 is 0. The molecule has 3 aromatic rings. The minimum absolute atomic E-state index is 0.354. The van der Waals surface area contributed by atoms with Crippen molar-refractivity contribution in [1.82, 2.24) is 14.6 Å². The van der Waals surface area contributed by atoms with Crippen molar-refractivity contribution in [2.45, 2.75) is 0 Å². The van der Waals surface area contributed by atoms with E-state index in [4.69, 9.17) is 5.41 Å². The van der Waals surface area contributed by atoms with Gasteiger partial charge in [0.05, 0.1) is 0 Å². The lowest BCUT2D eigenvalue weighted by Crippen LogP contribution is -2.00. The van der Waals surface area contributed by atoms with Gasteiger partial charge in [-0.15, -0.1) is 0 Å². The van der Waals surface area contributed by atoms with Gasteiger partial charge in [-0.3, -0.25) is 0 Å². The maximum absolute atomic E-state index is 13.8. The van der Waals surface area contributed by atoms with Crippen LogP contribution in [-0.4, -0.2) is 20.8 Å². The number of nitrogens with zero attached hydrogens (tertiary/aromatic N) is 3. The largest absolute Gasteiger partial charge is 0.308 e. The lowest BCUT2D eigenvalue weighted by atomic mass is 10.1. The lowest BCUT2D eigenvalue weighted by Gasteiger charge is -2.06. The molecule has 88 valence electrons. The Hall–Kier alpha value is -2.56. The zero-order valence-electron chi connectivity index (χ0n) is 9.34. The molecule has 0 aliphatic carbocycles. The van der Waals surface area contributed by atoms with Crippen molar-refractivity contribution in [2.75, 3.05) is 0 Å². The number of fused-ring (bicyclic) bond motifs is 1. The molecule has 0 aliphatic rings. The fourth-order valence-corrected chi connectivity index (χ4v) is 1.84. The normalized spacial score (nSPS) is 10.7. The first-order valence-electron chi connectivity index (χ1n) is 5.39. The van der Waals surface area contributed by atoms with E-state index in [0.29, 0.717) is 22.5 Å². The predicted octanol–water partition coefficient (Wildman–Crippen LogP) is 2.53. The van der Waals surface area contributed by atoms with Gasteiger partial charge in [0, 0.05) is 29.7 Å². The second-order valence-corrected chi connectivity index (χ2v) is 3.80. The maximum atomic E-state index is 13.8. The Bertz CT molecular complexity index is 733. The molecule has 1 N–H and O–H groups in total. The first-order chi connectivity index (χ1) is 8.79. The van der Waals surface area contributed by atoms with Crippen LogP contribution in [0.5, 0.6) is 0 Å². The SMILES string of the molecule is N=Cc1cc2nccn2nc1-c1ccccc1F. The molecule has 1 aromatic carbocycles. The van der Waals surface area contributed by atoms with E-state index in [0.717, 1.165) is 6.21 Å². The molecular formula is C13H9FN4. The van der Waals surface area contributed by atoms with Crippen molar-refractivity contribution in [3.8, 4) is 11.3 Å². The molecule has 0 spiro atoms. The molecule has 18 heavy (non-hydrogen) atoms. The second-order valence-electron chi connectivity index (χ2n) is 3.80. The van der Waals surface area contributed by atoms with E-state index in [-0.39, 0.29) is 5.82 Å². The van der Waals surface area contributed by atoms with E-state index < -0.39 is 0 Å². The van der Waals surface area contributed by atoms with Crippen LogP contribution < -0.4 is 0 Å². The fourth-order valence-electron chi connectivity index (χ4n) is 1.84. The molecule has 2 heterocycles. The van der Waals surface area contributed by atoms with Crippen molar-refractivity contribution >= 4 is 11.9 Å². The Kier molecular flexibility index (Phi) is 2.37. The van der Waals surface area contributed by atoms with Crippen LogP contribution >= 0.6 is 0 Å². The van der Waals surface area contributed by atoms with Crippen LogP contribution in [-0.2, 0) is 0 Å². The zero-order valence-corrected chi connectivity index (χ0v) is 9.34. The van der Waals surface area contributed by atoms with E-state index >= 15 is 0 Å². The molecule has 0 atom stereocenters. The number of nitrogens with one attached hydrogen (secondary N) is 1. The topological polar surface area (TPSA) is 54.0 Å². The number of hydrogen-bond acceptors (Lipinski definition) is 3. The van der Waals surface area contributed by atoms with Gasteiger partial charge in [0.25, 0.3) is 0 Å². The van der Waals surface area contributed by atoms with E-state index in [2.05, 4.69) is 10.1 Å². The lowest BCUT2D eigenvalue weighted by molar-refractivity contribution is 0.630. The number of aromatic nitrogens is 3. The summed E-state index contributed by atoms with van der Waals surface area (Å²) in [6.07, 6.45) is 4.46. The fraction of sp³-hybridized carbons (Fsp3) is 0. The Labute approximate surface area is 102 Å². The molecule has 2 aromatic heterocycles. The molecule has 0 unspecified atom stereocenters. The highest BCUT2D eigenvalue weighted by Gasteiger charge is 2.11. The van der Waals surface area contributed by atoms with Gasteiger partial charge in [0.2, 0.25) is 0 Å². The van der Waals surface area contributed by atoms with E-state index in [1.807, 2.05) is 0 Å². The third-order valence-electron chi connectivity index (χ3n) is 2.70. The number of hydrogen-bond donors (Lipinski definition) is 1. The molecule has 0 bridgehead atoms. The van der Waals surface area contributed by atoms with Gasteiger partial charge in [-0.2, -0.15) is 5.10 Å². The van der Waals surface area contributed by atoms with Crippen LogP contribution in [0.25, 0.3) is 16.9 Å². The highest BCUT2D eigenvalue weighted by molar-refractivity contribution is 5.88. The molecule has 0 fully saturated rings. The Morgan fingerprint density at radius 1 is 1.28 bits per heavy atom. The number of halogens is 1. The molecule has 4 nitrogen and oxygen atoms in total. The smallest absolute Gasteiger partial charge is 0.154 e. The quantitative estimate of drug-likeness (QED) is 0.700. The number of rotatable bonds is 2. The Morgan fingerprint density at radius 2 is 2.11 bits per heavy atom. The molecule has 5 heteroatoms. The van der Waals surface area contributed by atoms with E-state index in [9.17, 15) is 4.39 Å². The van der Waals surface area contributed by atoms with Gasteiger partial charge in [-0.1, -0.05) is 12.1 Å². The van der Waals surface area contributed by atoms with Crippen LogP contribution in [0.15, 0.2) is 42.7 Å². The molecule has 0 saturated carbocycles. The summed E-state index contributed by atoms with van der Waals surface area (Å²) in [5.41, 5.74) is 1.99. The third-order valence-corrected chi connectivity index (χ3v) is 2.70. The summed E-state index contributed by atoms with van der Waals surface area (Å²) in [6.45, 7) is 0. The first kappa shape index (κ1) is 10.6. The molecule has 0 saturated heterocycles. The minimum Gasteiger partial charge on any atom is -0.308 e. The summed E-state index contributed by atoms with van der Waals surface area (Å²) in [5, 5.41) is 11.7. The summed E-state index contributed by atoms with van der Waals surface area (Å²) in [6, 6.07) is 8.10. The third kappa shape index (κ3) is 1.57.